The van der Waals surface area contributed by atoms with Crippen LogP contribution in [0.3, 0.4) is 0 Å². The first kappa shape index (κ1) is 19.4. The van der Waals surface area contributed by atoms with Gasteiger partial charge >= 0.3 is 0 Å². The molecule has 1 aromatic carbocycles. The second-order valence-corrected chi connectivity index (χ2v) is 7.75. The highest BCUT2D eigenvalue weighted by molar-refractivity contribution is 7.17. The third-order valence-electron chi connectivity index (χ3n) is 4.11. The summed E-state index contributed by atoms with van der Waals surface area (Å²) in [6.45, 7) is 2.54. The SMILES string of the molecule is CNC(=O)c1c(C)sc2nc(Cc3cc(C(C)(F)F)ccc3Cl)cc(=O)n12. The number of fused-ring (bicyclic) bond motifs is 1. The number of thiazole rings is 1. The lowest BCUT2D eigenvalue weighted by Crippen LogP contribution is -2.25. The molecule has 0 unspecified atom stereocenters. The lowest BCUT2D eigenvalue weighted by Gasteiger charge is -2.13. The number of rotatable bonds is 4. The van der Waals surface area contributed by atoms with E-state index in [0.29, 0.717) is 26.1 Å². The van der Waals surface area contributed by atoms with E-state index >= 15 is 0 Å². The first-order valence-electron chi connectivity index (χ1n) is 8.02. The van der Waals surface area contributed by atoms with Gasteiger partial charge in [-0.05, 0) is 24.6 Å². The Kier molecular flexibility index (Phi) is 5.05. The Labute approximate surface area is 162 Å². The third-order valence-corrected chi connectivity index (χ3v) is 5.43. The van der Waals surface area contributed by atoms with E-state index in [-0.39, 0.29) is 23.6 Å². The van der Waals surface area contributed by atoms with Crippen molar-refractivity contribution < 1.29 is 13.6 Å². The molecular formula is C18H16ClF2N3O2S. The van der Waals surface area contributed by atoms with Crippen LogP contribution in [0.4, 0.5) is 8.78 Å². The highest BCUT2D eigenvalue weighted by atomic mass is 35.5. The molecular weight excluding hydrogens is 396 g/mol. The number of halogens is 3. The molecule has 2 aromatic heterocycles. The fraction of sp³-hybridized carbons (Fsp3) is 0.278. The predicted molar refractivity (Wildman–Crippen MR) is 101 cm³/mol. The number of benzene rings is 1. The highest BCUT2D eigenvalue weighted by Crippen LogP contribution is 2.31. The van der Waals surface area contributed by atoms with Crippen molar-refractivity contribution in [1.29, 1.82) is 0 Å². The molecule has 0 fully saturated rings. The first-order valence-corrected chi connectivity index (χ1v) is 9.22. The zero-order valence-electron chi connectivity index (χ0n) is 14.8. The fourth-order valence-electron chi connectivity index (χ4n) is 2.77. The van der Waals surface area contributed by atoms with Crippen molar-refractivity contribution in [3.8, 4) is 0 Å². The van der Waals surface area contributed by atoms with Crippen LogP contribution in [0.1, 0.15) is 39.1 Å². The molecule has 1 N–H and O–H groups in total. The number of hydrogen-bond donors (Lipinski definition) is 1. The van der Waals surface area contributed by atoms with Gasteiger partial charge in [0.1, 0.15) is 5.69 Å². The molecule has 142 valence electrons. The minimum absolute atomic E-state index is 0.126. The monoisotopic (exact) mass is 411 g/mol. The Morgan fingerprint density at radius 1 is 1.37 bits per heavy atom. The maximum Gasteiger partial charge on any atom is 0.270 e. The van der Waals surface area contributed by atoms with E-state index in [1.54, 1.807) is 6.92 Å². The summed E-state index contributed by atoms with van der Waals surface area (Å²) in [4.78, 5) is 30.0. The third kappa shape index (κ3) is 3.72. The number of alkyl halides is 2. The van der Waals surface area contributed by atoms with E-state index in [2.05, 4.69) is 10.3 Å². The second-order valence-electron chi connectivity index (χ2n) is 6.16. The maximum atomic E-state index is 13.6. The normalized spacial score (nSPS) is 11.8. The van der Waals surface area contributed by atoms with Crippen molar-refractivity contribution >= 4 is 33.8 Å². The van der Waals surface area contributed by atoms with E-state index in [1.807, 2.05) is 0 Å². The molecule has 0 atom stereocenters. The van der Waals surface area contributed by atoms with Crippen molar-refractivity contribution in [3.63, 3.8) is 0 Å². The van der Waals surface area contributed by atoms with Crippen molar-refractivity contribution in [2.24, 2.45) is 0 Å². The maximum absolute atomic E-state index is 13.6. The number of nitrogens with zero attached hydrogens (tertiary/aromatic N) is 2. The minimum atomic E-state index is -3.00. The van der Waals surface area contributed by atoms with E-state index in [1.165, 1.54) is 47.1 Å². The van der Waals surface area contributed by atoms with Crippen LogP contribution in [0.2, 0.25) is 5.02 Å². The standard InChI is InChI=1S/C18H16ClF2N3O2S/c1-9-15(16(26)22-3)24-14(25)8-12(23-17(24)27-9)7-10-6-11(18(2,20)21)4-5-13(10)19/h4-6,8H,7H2,1-3H3,(H,22,26). The van der Waals surface area contributed by atoms with Crippen molar-refractivity contribution in [2.75, 3.05) is 7.05 Å². The zero-order valence-corrected chi connectivity index (χ0v) is 16.3. The van der Waals surface area contributed by atoms with Crippen molar-refractivity contribution in [3.05, 3.63) is 67.0 Å². The van der Waals surface area contributed by atoms with E-state index in [4.69, 9.17) is 11.6 Å². The van der Waals surface area contributed by atoms with Gasteiger partial charge in [0.25, 0.3) is 17.4 Å². The molecule has 2 heterocycles. The van der Waals surface area contributed by atoms with Gasteiger partial charge in [0.2, 0.25) is 0 Å². The summed E-state index contributed by atoms with van der Waals surface area (Å²) in [5, 5.41) is 2.82. The molecule has 0 aliphatic carbocycles. The van der Waals surface area contributed by atoms with Crippen molar-refractivity contribution in [2.45, 2.75) is 26.2 Å². The summed E-state index contributed by atoms with van der Waals surface area (Å²) in [5.74, 6) is -3.37. The molecule has 3 rings (SSSR count). The number of nitrogens with one attached hydrogen (secondary N) is 1. The summed E-state index contributed by atoms with van der Waals surface area (Å²) in [5.41, 5.74) is 0.516. The molecule has 0 saturated heterocycles. The van der Waals surface area contributed by atoms with Crippen LogP contribution in [0.25, 0.3) is 4.96 Å². The topological polar surface area (TPSA) is 63.5 Å². The van der Waals surface area contributed by atoms with Crippen LogP contribution in [0, 0.1) is 6.92 Å². The first-order chi connectivity index (χ1) is 12.6. The molecule has 1 amide bonds. The molecule has 0 radical (unpaired) electrons. The van der Waals surface area contributed by atoms with Crippen LogP contribution in [0.15, 0.2) is 29.1 Å². The Balaban J connectivity index is 2.07. The zero-order chi connectivity index (χ0) is 19.9. The summed E-state index contributed by atoms with van der Waals surface area (Å²) < 4.78 is 28.4. The largest absolute Gasteiger partial charge is 0.354 e. The van der Waals surface area contributed by atoms with E-state index in [0.717, 1.165) is 6.92 Å². The van der Waals surface area contributed by atoms with E-state index in [9.17, 15) is 18.4 Å². The van der Waals surface area contributed by atoms with Gasteiger partial charge in [0.15, 0.2) is 4.96 Å². The molecule has 5 nitrogen and oxygen atoms in total. The van der Waals surface area contributed by atoms with Gasteiger partial charge in [-0.3, -0.25) is 9.59 Å². The van der Waals surface area contributed by atoms with Gasteiger partial charge in [0, 0.05) is 41.9 Å². The Morgan fingerprint density at radius 3 is 2.70 bits per heavy atom. The lowest BCUT2D eigenvalue weighted by atomic mass is 10.0. The molecule has 0 bridgehead atoms. The highest BCUT2D eigenvalue weighted by Gasteiger charge is 2.25. The average molecular weight is 412 g/mol. The van der Waals surface area contributed by atoms with Gasteiger partial charge in [-0.25, -0.2) is 18.2 Å². The van der Waals surface area contributed by atoms with Gasteiger partial charge < -0.3 is 5.32 Å². The van der Waals surface area contributed by atoms with E-state index < -0.39 is 11.5 Å². The Bertz CT molecular complexity index is 1100. The molecule has 0 aliphatic heterocycles. The van der Waals surface area contributed by atoms with Gasteiger partial charge in [-0.15, -0.1) is 11.3 Å². The second kappa shape index (κ2) is 7.01. The average Bonchev–Trinajstić information content (AvgIpc) is 2.91. The lowest BCUT2D eigenvalue weighted by molar-refractivity contribution is 0.0174. The van der Waals surface area contributed by atoms with Crippen molar-refractivity contribution in [1.82, 2.24) is 14.7 Å². The number of amides is 1. The number of aryl methyl sites for hydroxylation is 1. The molecule has 27 heavy (non-hydrogen) atoms. The fourth-order valence-corrected chi connectivity index (χ4v) is 3.95. The molecule has 0 spiro atoms. The molecule has 9 heteroatoms. The number of carbonyl (C=O) groups is 1. The van der Waals surface area contributed by atoms with Crippen LogP contribution in [-0.2, 0) is 12.3 Å². The quantitative estimate of drug-likeness (QED) is 0.710. The summed E-state index contributed by atoms with van der Waals surface area (Å²) in [6.07, 6.45) is 0.126. The summed E-state index contributed by atoms with van der Waals surface area (Å²) >= 11 is 7.35. The van der Waals surface area contributed by atoms with Crippen LogP contribution < -0.4 is 10.9 Å². The minimum Gasteiger partial charge on any atom is -0.354 e. The predicted octanol–water partition coefficient (Wildman–Crippen LogP) is 3.78. The summed E-state index contributed by atoms with van der Waals surface area (Å²) in [6, 6.07) is 5.30. The molecule has 0 saturated carbocycles. The van der Waals surface area contributed by atoms with Crippen LogP contribution in [0.5, 0.6) is 0 Å². The Morgan fingerprint density at radius 2 is 2.07 bits per heavy atom. The van der Waals surface area contributed by atoms with Crippen LogP contribution in [-0.4, -0.2) is 22.3 Å². The molecule has 0 aliphatic rings. The number of hydrogen-bond acceptors (Lipinski definition) is 4. The number of carbonyl (C=O) groups excluding carboxylic acids is 1. The summed E-state index contributed by atoms with van der Waals surface area (Å²) in [7, 11) is 1.48. The van der Waals surface area contributed by atoms with Gasteiger partial charge in [-0.2, -0.15) is 0 Å². The smallest absolute Gasteiger partial charge is 0.270 e. The Hall–Kier alpha value is -2.32. The van der Waals surface area contributed by atoms with Gasteiger partial charge in [0.05, 0.1) is 5.69 Å². The molecule has 3 aromatic rings. The van der Waals surface area contributed by atoms with Gasteiger partial charge in [-0.1, -0.05) is 17.7 Å². The van der Waals surface area contributed by atoms with Crippen LogP contribution >= 0.6 is 22.9 Å². The number of aromatic nitrogens is 2.